The maximum atomic E-state index is 14.4. The summed E-state index contributed by atoms with van der Waals surface area (Å²) in [4.78, 5) is 3.98. The van der Waals surface area contributed by atoms with E-state index in [9.17, 15) is 12.8 Å². The molecule has 1 fully saturated rings. The van der Waals surface area contributed by atoms with Gasteiger partial charge in [0.05, 0.1) is 6.04 Å². The largest absolute Gasteiger partial charge is 0.337 e. The molecule has 1 N–H and O–H groups in total. The third-order valence-corrected chi connectivity index (χ3v) is 6.02. The van der Waals surface area contributed by atoms with E-state index in [1.165, 1.54) is 10.4 Å². The predicted octanol–water partition coefficient (Wildman–Crippen LogP) is 1.20. The number of aromatic nitrogens is 2. The van der Waals surface area contributed by atoms with E-state index in [2.05, 4.69) is 10.3 Å². The Morgan fingerprint density at radius 3 is 2.87 bits per heavy atom. The summed E-state index contributed by atoms with van der Waals surface area (Å²) in [7, 11) is -2.13. The summed E-state index contributed by atoms with van der Waals surface area (Å²) in [6.45, 7) is 2.79. The third-order valence-electron chi connectivity index (χ3n) is 4.09. The highest BCUT2D eigenvalue weighted by Crippen LogP contribution is 2.29. The van der Waals surface area contributed by atoms with Gasteiger partial charge in [0, 0.05) is 39.1 Å². The zero-order valence-electron chi connectivity index (χ0n) is 13.0. The van der Waals surface area contributed by atoms with Crippen molar-refractivity contribution in [2.45, 2.75) is 17.9 Å². The van der Waals surface area contributed by atoms with Crippen LogP contribution in [0.4, 0.5) is 4.39 Å². The summed E-state index contributed by atoms with van der Waals surface area (Å²) in [6.07, 6.45) is 3.39. The Morgan fingerprint density at radius 1 is 1.39 bits per heavy atom. The molecule has 2 heterocycles. The molecular formula is C15H19FN4O2S. The zero-order chi connectivity index (χ0) is 16.6. The van der Waals surface area contributed by atoms with Gasteiger partial charge in [0.15, 0.2) is 0 Å². The monoisotopic (exact) mass is 338 g/mol. The molecule has 0 bridgehead atoms. The Labute approximate surface area is 135 Å². The maximum absolute atomic E-state index is 14.4. The molecule has 1 saturated heterocycles. The molecule has 0 radical (unpaired) electrons. The molecule has 0 aliphatic carbocycles. The van der Waals surface area contributed by atoms with Crippen molar-refractivity contribution in [3.8, 4) is 0 Å². The van der Waals surface area contributed by atoms with E-state index >= 15 is 0 Å². The number of imidazole rings is 1. The first kappa shape index (κ1) is 16.1. The maximum Gasteiger partial charge on any atom is 0.246 e. The van der Waals surface area contributed by atoms with Crippen LogP contribution in [0.5, 0.6) is 0 Å². The van der Waals surface area contributed by atoms with E-state index < -0.39 is 21.9 Å². The quantitative estimate of drug-likeness (QED) is 0.913. The lowest BCUT2D eigenvalue weighted by Crippen LogP contribution is -2.49. The number of hydrogen-bond donors (Lipinski definition) is 1. The van der Waals surface area contributed by atoms with E-state index in [4.69, 9.17) is 0 Å². The van der Waals surface area contributed by atoms with Crippen LogP contribution < -0.4 is 5.32 Å². The number of rotatable bonds is 3. The molecule has 23 heavy (non-hydrogen) atoms. The molecule has 6 nitrogen and oxygen atoms in total. The number of nitrogens with one attached hydrogen (secondary N) is 1. The Hall–Kier alpha value is -1.77. The van der Waals surface area contributed by atoms with Gasteiger partial charge in [0.25, 0.3) is 0 Å². The van der Waals surface area contributed by atoms with Gasteiger partial charge in [0.2, 0.25) is 10.0 Å². The number of hydrogen-bond acceptors (Lipinski definition) is 4. The second-order valence-electron chi connectivity index (χ2n) is 5.62. The second-order valence-corrected chi connectivity index (χ2v) is 7.48. The lowest BCUT2D eigenvalue weighted by Gasteiger charge is -2.34. The smallest absolute Gasteiger partial charge is 0.246 e. The van der Waals surface area contributed by atoms with Crippen molar-refractivity contribution in [3.05, 3.63) is 47.8 Å². The van der Waals surface area contributed by atoms with Gasteiger partial charge < -0.3 is 9.88 Å². The molecule has 0 amide bonds. The Morgan fingerprint density at radius 2 is 2.17 bits per heavy atom. The van der Waals surface area contributed by atoms with Gasteiger partial charge in [-0.3, -0.25) is 0 Å². The third kappa shape index (κ3) is 2.77. The van der Waals surface area contributed by atoms with Crippen LogP contribution in [0.2, 0.25) is 0 Å². The van der Waals surface area contributed by atoms with Crippen molar-refractivity contribution in [2.75, 3.05) is 19.6 Å². The first-order chi connectivity index (χ1) is 10.9. The fourth-order valence-electron chi connectivity index (χ4n) is 2.84. The Bertz CT molecular complexity index is 819. The van der Waals surface area contributed by atoms with Crippen molar-refractivity contribution < 1.29 is 12.8 Å². The highest BCUT2D eigenvalue weighted by molar-refractivity contribution is 7.89. The highest BCUT2D eigenvalue weighted by atomic mass is 32.2. The lowest BCUT2D eigenvalue weighted by molar-refractivity contribution is 0.257. The SMILES string of the molecule is Cc1cccc(S(=O)(=O)N2CCNCC2c2nccn2C)c1F. The minimum atomic E-state index is -3.94. The number of halogens is 1. The predicted molar refractivity (Wildman–Crippen MR) is 83.8 cm³/mol. The molecule has 3 rings (SSSR count). The van der Waals surface area contributed by atoms with Crippen LogP contribution in [-0.4, -0.2) is 41.9 Å². The molecule has 1 aromatic carbocycles. The summed E-state index contributed by atoms with van der Waals surface area (Å²) in [5.41, 5.74) is 0.315. The number of sulfonamides is 1. The van der Waals surface area contributed by atoms with Gasteiger partial charge in [-0.1, -0.05) is 12.1 Å². The normalized spacial score (nSPS) is 19.9. The standard InChI is InChI=1S/C15H19FN4O2S/c1-11-4-3-5-13(14(11)16)23(21,22)20-9-6-17-10-12(20)15-18-7-8-19(15)2/h3-5,7-8,12,17H,6,9-10H2,1-2H3. The topological polar surface area (TPSA) is 67.2 Å². The van der Waals surface area contributed by atoms with Gasteiger partial charge in [-0.2, -0.15) is 4.31 Å². The van der Waals surface area contributed by atoms with Crippen LogP contribution in [0, 0.1) is 12.7 Å². The van der Waals surface area contributed by atoms with Gasteiger partial charge >= 0.3 is 0 Å². The van der Waals surface area contributed by atoms with Crippen LogP contribution in [-0.2, 0) is 17.1 Å². The van der Waals surface area contributed by atoms with Crippen LogP contribution >= 0.6 is 0 Å². The average Bonchev–Trinajstić information content (AvgIpc) is 2.96. The highest BCUT2D eigenvalue weighted by Gasteiger charge is 2.37. The molecule has 1 atom stereocenters. The van der Waals surface area contributed by atoms with E-state index in [1.54, 1.807) is 36.0 Å². The fraction of sp³-hybridized carbons (Fsp3) is 0.400. The van der Waals surface area contributed by atoms with Gasteiger partial charge in [0.1, 0.15) is 16.5 Å². The molecule has 1 aliphatic heterocycles. The van der Waals surface area contributed by atoms with E-state index in [-0.39, 0.29) is 11.4 Å². The number of nitrogens with zero attached hydrogens (tertiary/aromatic N) is 3. The summed E-state index contributed by atoms with van der Waals surface area (Å²) in [6, 6.07) is 3.97. The second kappa shape index (κ2) is 6.03. The Kier molecular flexibility index (Phi) is 4.22. The van der Waals surface area contributed by atoms with Crippen LogP contribution in [0.1, 0.15) is 17.4 Å². The first-order valence-corrected chi connectivity index (χ1v) is 8.82. The molecule has 124 valence electrons. The van der Waals surface area contributed by atoms with E-state index in [1.807, 2.05) is 7.05 Å². The average molecular weight is 338 g/mol. The zero-order valence-corrected chi connectivity index (χ0v) is 13.8. The van der Waals surface area contributed by atoms with Crippen molar-refractivity contribution in [2.24, 2.45) is 7.05 Å². The van der Waals surface area contributed by atoms with Gasteiger partial charge in [-0.15, -0.1) is 0 Å². The van der Waals surface area contributed by atoms with Crippen molar-refractivity contribution in [1.29, 1.82) is 0 Å². The summed E-state index contributed by atoms with van der Waals surface area (Å²) in [5, 5.41) is 3.18. The van der Waals surface area contributed by atoms with Crippen molar-refractivity contribution in [1.82, 2.24) is 19.2 Å². The molecular weight excluding hydrogens is 319 g/mol. The molecule has 2 aromatic rings. The van der Waals surface area contributed by atoms with Crippen LogP contribution in [0.15, 0.2) is 35.5 Å². The minimum absolute atomic E-state index is 0.271. The summed E-state index contributed by atoms with van der Waals surface area (Å²) in [5.74, 6) is -0.0570. The van der Waals surface area contributed by atoms with E-state index in [0.717, 1.165) is 0 Å². The molecule has 1 unspecified atom stereocenters. The van der Waals surface area contributed by atoms with Gasteiger partial charge in [-0.05, 0) is 18.6 Å². The number of piperazine rings is 1. The summed E-state index contributed by atoms with van der Waals surface area (Å²) >= 11 is 0. The van der Waals surface area contributed by atoms with Crippen LogP contribution in [0.25, 0.3) is 0 Å². The van der Waals surface area contributed by atoms with Crippen LogP contribution in [0.3, 0.4) is 0 Å². The minimum Gasteiger partial charge on any atom is -0.337 e. The fourth-order valence-corrected chi connectivity index (χ4v) is 4.56. The Balaban J connectivity index is 2.06. The number of aryl methyl sites for hydroxylation is 2. The first-order valence-electron chi connectivity index (χ1n) is 7.38. The van der Waals surface area contributed by atoms with Crippen molar-refractivity contribution in [3.63, 3.8) is 0 Å². The molecule has 8 heteroatoms. The molecule has 0 saturated carbocycles. The van der Waals surface area contributed by atoms with Crippen molar-refractivity contribution >= 4 is 10.0 Å². The number of benzene rings is 1. The molecule has 0 spiro atoms. The summed E-state index contributed by atoms with van der Waals surface area (Å²) < 4.78 is 43.5. The molecule has 1 aromatic heterocycles. The van der Waals surface area contributed by atoms with Gasteiger partial charge in [-0.25, -0.2) is 17.8 Å². The van der Waals surface area contributed by atoms with E-state index in [0.29, 0.717) is 24.5 Å². The molecule has 1 aliphatic rings. The lowest BCUT2D eigenvalue weighted by atomic mass is 10.2.